The topological polar surface area (TPSA) is 60.9 Å². The highest BCUT2D eigenvalue weighted by atomic mass is 16.3. The minimum atomic E-state index is -0.751. The first-order valence-electron chi connectivity index (χ1n) is 7.05. The third-order valence-electron chi connectivity index (χ3n) is 4.12. The molecule has 0 spiro atoms. The molecule has 2 fully saturated rings. The van der Waals surface area contributed by atoms with Gasteiger partial charge in [-0.15, -0.1) is 0 Å². The van der Waals surface area contributed by atoms with E-state index in [0.29, 0.717) is 18.7 Å². The van der Waals surface area contributed by atoms with Crippen LogP contribution in [0.3, 0.4) is 0 Å². The average Bonchev–Trinajstić information content (AvgIpc) is 2.72. The number of amides is 3. The summed E-state index contributed by atoms with van der Waals surface area (Å²) in [6, 6.07) is 6.42. The van der Waals surface area contributed by atoms with Crippen molar-refractivity contribution < 1.29 is 14.7 Å². The lowest BCUT2D eigenvalue weighted by Gasteiger charge is -2.30. The summed E-state index contributed by atoms with van der Waals surface area (Å²) in [7, 11) is 0. The molecule has 0 aliphatic carbocycles. The Hall–Kier alpha value is -1.88. The largest absolute Gasteiger partial charge is 0.390 e. The molecule has 2 aliphatic heterocycles. The van der Waals surface area contributed by atoms with E-state index >= 15 is 0 Å². The number of piperidine rings is 1. The van der Waals surface area contributed by atoms with E-state index in [1.807, 2.05) is 25.1 Å². The third-order valence-corrected chi connectivity index (χ3v) is 4.12. The summed E-state index contributed by atoms with van der Waals surface area (Å²) in [5, 5.41) is 10.0. The van der Waals surface area contributed by atoms with E-state index in [1.54, 1.807) is 6.07 Å². The number of hydrogen-bond acceptors (Lipinski definition) is 3. The number of aliphatic hydroxyl groups is 1. The van der Waals surface area contributed by atoms with Crippen molar-refractivity contribution in [3.05, 3.63) is 29.8 Å². The number of carbonyl (C=O) groups excluding carboxylic acids is 2. The second-order valence-corrected chi connectivity index (χ2v) is 5.29. The molecule has 0 unspecified atom stereocenters. The molecular weight excluding hydrogens is 256 g/mol. The molecule has 1 aromatic carbocycles. The van der Waals surface area contributed by atoms with Crippen molar-refractivity contribution >= 4 is 17.6 Å². The van der Waals surface area contributed by atoms with Gasteiger partial charge < -0.3 is 10.0 Å². The van der Waals surface area contributed by atoms with Crippen molar-refractivity contribution in [2.45, 2.75) is 38.3 Å². The molecule has 3 amide bonds. The molecule has 1 aromatic rings. The average molecular weight is 274 g/mol. The summed E-state index contributed by atoms with van der Waals surface area (Å²) in [5.74, 6) is -0.303. The summed E-state index contributed by atoms with van der Waals surface area (Å²) >= 11 is 0. The van der Waals surface area contributed by atoms with Gasteiger partial charge in [-0.1, -0.05) is 25.1 Å². The number of urea groups is 1. The highest BCUT2D eigenvalue weighted by molar-refractivity contribution is 6.22. The predicted octanol–water partition coefficient (Wildman–Crippen LogP) is 1.54. The molecule has 2 aliphatic rings. The molecule has 5 nitrogen and oxygen atoms in total. The Morgan fingerprint density at radius 2 is 2.05 bits per heavy atom. The Morgan fingerprint density at radius 1 is 1.30 bits per heavy atom. The van der Waals surface area contributed by atoms with Crippen LogP contribution in [0.1, 0.15) is 25.3 Å². The molecule has 2 heterocycles. The molecule has 0 saturated carbocycles. The number of nitrogens with zero attached hydrogens (tertiary/aromatic N) is 2. The van der Waals surface area contributed by atoms with Gasteiger partial charge >= 0.3 is 6.03 Å². The molecule has 1 N–H and O–H groups in total. The van der Waals surface area contributed by atoms with Crippen LogP contribution in [0.5, 0.6) is 0 Å². The van der Waals surface area contributed by atoms with Gasteiger partial charge in [0.1, 0.15) is 6.04 Å². The number of para-hydroxylation sites is 1. The van der Waals surface area contributed by atoms with Crippen molar-refractivity contribution in [3.63, 3.8) is 0 Å². The zero-order valence-electron chi connectivity index (χ0n) is 11.5. The molecule has 5 heteroatoms. The summed E-state index contributed by atoms with van der Waals surface area (Å²) in [4.78, 5) is 27.8. The maximum absolute atomic E-state index is 12.5. The highest BCUT2D eigenvalue weighted by Crippen LogP contribution is 2.32. The second kappa shape index (κ2) is 4.90. The van der Waals surface area contributed by atoms with Gasteiger partial charge in [-0.2, -0.15) is 0 Å². The SMILES string of the molecule is CCc1ccccc1N1C(=O)[C@@H]2[C@H](O)CCCN2C1=O. The molecule has 0 aromatic heterocycles. The van der Waals surface area contributed by atoms with Gasteiger partial charge in [-0.3, -0.25) is 4.79 Å². The zero-order chi connectivity index (χ0) is 14.3. The van der Waals surface area contributed by atoms with Gasteiger partial charge in [0.15, 0.2) is 0 Å². The molecule has 3 rings (SSSR count). The summed E-state index contributed by atoms with van der Waals surface area (Å²) in [6.45, 7) is 2.53. The predicted molar refractivity (Wildman–Crippen MR) is 74.4 cm³/mol. The molecule has 0 bridgehead atoms. The number of aliphatic hydroxyl groups excluding tert-OH is 1. The van der Waals surface area contributed by atoms with Crippen molar-refractivity contribution in [1.82, 2.24) is 4.90 Å². The number of rotatable bonds is 2. The number of aryl methyl sites for hydroxylation is 1. The van der Waals surface area contributed by atoms with Crippen LogP contribution in [-0.4, -0.2) is 40.6 Å². The summed E-state index contributed by atoms with van der Waals surface area (Å²) in [5.41, 5.74) is 1.61. The Morgan fingerprint density at radius 3 is 2.75 bits per heavy atom. The van der Waals surface area contributed by atoms with Crippen molar-refractivity contribution in [1.29, 1.82) is 0 Å². The van der Waals surface area contributed by atoms with Gasteiger partial charge in [-0.05, 0) is 30.9 Å². The van der Waals surface area contributed by atoms with Crippen LogP contribution in [-0.2, 0) is 11.2 Å². The number of hydrogen-bond donors (Lipinski definition) is 1. The van der Waals surface area contributed by atoms with Crippen LogP contribution in [0.2, 0.25) is 0 Å². The minimum absolute atomic E-state index is 0.303. The van der Waals surface area contributed by atoms with E-state index in [9.17, 15) is 14.7 Å². The quantitative estimate of drug-likeness (QED) is 0.832. The van der Waals surface area contributed by atoms with Crippen LogP contribution in [0.25, 0.3) is 0 Å². The van der Waals surface area contributed by atoms with E-state index in [2.05, 4.69) is 0 Å². The molecule has 2 saturated heterocycles. The van der Waals surface area contributed by atoms with E-state index in [4.69, 9.17) is 0 Å². The number of benzene rings is 1. The fourth-order valence-corrected chi connectivity index (χ4v) is 3.09. The van der Waals surface area contributed by atoms with E-state index in [0.717, 1.165) is 18.4 Å². The smallest absolute Gasteiger partial charge is 0.332 e. The Balaban J connectivity index is 2.02. The van der Waals surface area contributed by atoms with Gasteiger partial charge in [-0.25, -0.2) is 9.69 Å². The maximum atomic E-state index is 12.5. The van der Waals surface area contributed by atoms with Crippen LogP contribution < -0.4 is 4.90 Å². The monoisotopic (exact) mass is 274 g/mol. The lowest BCUT2D eigenvalue weighted by Crippen LogP contribution is -2.48. The summed E-state index contributed by atoms with van der Waals surface area (Å²) in [6.07, 6.45) is 1.31. The first kappa shape index (κ1) is 13.1. The number of carbonyl (C=O) groups is 2. The van der Waals surface area contributed by atoms with Crippen LogP contribution in [0.4, 0.5) is 10.5 Å². The van der Waals surface area contributed by atoms with E-state index in [1.165, 1.54) is 9.80 Å². The van der Waals surface area contributed by atoms with E-state index in [-0.39, 0.29) is 11.9 Å². The van der Waals surface area contributed by atoms with Gasteiger partial charge in [0.25, 0.3) is 5.91 Å². The lowest BCUT2D eigenvalue weighted by atomic mass is 10.00. The summed E-state index contributed by atoms with van der Waals surface area (Å²) < 4.78 is 0. The zero-order valence-corrected chi connectivity index (χ0v) is 11.5. The fourth-order valence-electron chi connectivity index (χ4n) is 3.09. The molecule has 106 valence electrons. The van der Waals surface area contributed by atoms with Crippen LogP contribution in [0, 0.1) is 0 Å². The number of imide groups is 1. The second-order valence-electron chi connectivity index (χ2n) is 5.29. The number of anilines is 1. The van der Waals surface area contributed by atoms with Crippen LogP contribution in [0.15, 0.2) is 24.3 Å². The molecular formula is C15H18N2O3. The number of fused-ring (bicyclic) bond motifs is 1. The first-order valence-corrected chi connectivity index (χ1v) is 7.05. The first-order chi connectivity index (χ1) is 9.65. The Labute approximate surface area is 117 Å². The normalized spacial score (nSPS) is 26.1. The van der Waals surface area contributed by atoms with Crippen molar-refractivity contribution in [3.8, 4) is 0 Å². The standard InChI is InChI=1S/C15H18N2O3/c1-2-10-6-3-4-7-11(10)17-14(19)13-12(18)8-5-9-16(13)15(17)20/h3-4,6-7,12-13,18H,2,5,8-9H2,1H3/t12-,13+/m1/s1. The molecule has 0 radical (unpaired) electrons. The van der Waals surface area contributed by atoms with Crippen LogP contribution >= 0.6 is 0 Å². The molecule has 20 heavy (non-hydrogen) atoms. The van der Waals surface area contributed by atoms with Gasteiger partial charge in [0, 0.05) is 6.54 Å². The fraction of sp³-hybridized carbons (Fsp3) is 0.467. The van der Waals surface area contributed by atoms with Crippen molar-refractivity contribution in [2.75, 3.05) is 11.4 Å². The lowest BCUT2D eigenvalue weighted by molar-refractivity contribution is -0.124. The van der Waals surface area contributed by atoms with E-state index < -0.39 is 12.1 Å². The van der Waals surface area contributed by atoms with Gasteiger partial charge in [0.05, 0.1) is 11.8 Å². The van der Waals surface area contributed by atoms with Crippen molar-refractivity contribution in [2.24, 2.45) is 0 Å². The maximum Gasteiger partial charge on any atom is 0.332 e. The Bertz CT molecular complexity index is 558. The molecule has 2 atom stereocenters. The minimum Gasteiger partial charge on any atom is -0.390 e. The van der Waals surface area contributed by atoms with Gasteiger partial charge in [0.2, 0.25) is 0 Å². The highest BCUT2D eigenvalue weighted by Gasteiger charge is 2.50. The Kier molecular flexibility index (Phi) is 3.22. The third kappa shape index (κ3) is 1.81.